The molecule has 2 N–H and O–H groups in total. The molecule has 28 heavy (non-hydrogen) atoms. The number of aromatic nitrogens is 1. The van der Waals surface area contributed by atoms with Gasteiger partial charge in [-0.05, 0) is 25.5 Å². The zero-order chi connectivity index (χ0) is 19.9. The van der Waals surface area contributed by atoms with Gasteiger partial charge in [-0.1, -0.05) is 30.3 Å². The Labute approximate surface area is 164 Å². The van der Waals surface area contributed by atoms with Crippen LogP contribution in [-0.2, 0) is 11.2 Å². The lowest BCUT2D eigenvalue weighted by molar-refractivity contribution is -0.122. The largest absolute Gasteiger partial charge is 0.369 e. The summed E-state index contributed by atoms with van der Waals surface area (Å²) in [7, 11) is 0. The van der Waals surface area contributed by atoms with Crippen LogP contribution in [-0.4, -0.2) is 54.6 Å². The minimum absolute atomic E-state index is 0.217. The van der Waals surface area contributed by atoms with E-state index in [0.717, 1.165) is 26.2 Å². The summed E-state index contributed by atoms with van der Waals surface area (Å²) in [6.07, 6.45) is 0.915. The standard InChI is InChI=1S/C20H27N5O3/c1-3-17-19(15(2)28-23-17)20(27)22-21-18(26)9-10-24-11-13-25(14-12-24)16-7-5-4-6-8-16/h4-8H,3,9-14H2,1-2H3,(H,21,26)(H,22,27). The zero-order valence-corrected chi connectivity index (χ0v) is 16.4. The molecule has 8 heteroatoms. The lowest BCUT2D eigenvalue weighted by Gasteiger charge is -2.36. The van der Waals surface area contributed by atoms with Crippen LogP contribution in [0.15, 0.2) is 34.9 Å². The molecule has 1 aliphatic heterocycles. The lowest BCUT2D eigenvalue weighted by atomic mass is 10.1. The summed E-state index contributed by atoms with van der Waals surface area (Å²) in [5, 5.41) is 3.85. The quantitative estimate of drug-likeness (QED) is 0.733. The van der Waals surface area contributed by atoms with Crippen LogP contribution in [0.5, 0.6) is 0 Å². The molecule has 150 valence electrons. The first-order valence-electron chi connectivity index (χ1n) is 9.65. The fraction of sp³-hybridized carbons (Fsp3) is 0.450. The van der Waals surface area contributed by atoms with Gasteiger partial charge in [0, 0.05) is 44.8 Å². The van der Waals surface area contributed by atoms with Gasteiger partial charge >= 0.3 is 0 Å². The van der Waals surface area contributed by atoms with Gasteiger partial charge < -0.3 is 9.42 Å². The van der Waals surface area contributed by atoms with Gasteiger partial charge in [0.05, 0.1) is 5.69 Å². The van der Waals surface area contributed by atoms with E-state index in [1.165, 1.54) is 5.69 Å². The highest BCUT2D eigenvalue weighted by Crippen LogP contribution is 2.15. The summed E-state index contributed by atoms with van der Waals surface area (Å²) in [6, 6.07) is 10.3. The Kier molecular flexibility index (Phi) is 6.65. The number of nitrogens with zero attached hydrogens (tertiary/aromatic N) is 3. The molecule has 1 aromatic carbocycles. The van der Waals surface area contributed by atoms with Crippen LogP contribution >= 0.6 is 0 Å². The van der Waals surface area contributed by atoms with E-state index < -0.39 is 5.91 Å². The first-order valence-corrected chi connectivity index (χ1v) is 9.65. The fourth-order valence-electron chi connectivity index (χ4n) is 3.33. The fourth-order valence-corrected chi connectivity index (χ4v) is 3.33. The predicted molar refractivity (Wildman–Crippen MR) is 106 cm³/mol. The normalized spacial score (nSPS) is 14.7. The number of hydrogen-bond donors (Lipinski definition) is 2. The summed E-state index contributed by atoms with van der Waals surface area (Å²) in [5.41, 5.74) is 7.14. The van der Waals surface area contributed by atoms with Gasteiger partial charge in [0.25, 0.3) is 5.91 Å². The first-order chi connectivity index (χ1) is 13.6. The Morgan fingerprint density at radius 1 is 1.11 bits per heavy atom. The molecule has 8 nitrogen and oxygen atoms in total. The smallest absolute Gasteiger partial charge is 0.275 e. The number of carbonyl (C=O) groups is 2. The van der Waals surface area contributed by atoms with E-state index in [0.29, 0.717) is 36.4 Å². The molecule has 2 heterocycles. The number of hydrogen-bond acceptors (Lipinski definition) is 6. The average molecular weight is 385 g/mol. The van der Waals surface area contributed by atoms with E-state index in [1.807, 2.05) is 25.1 Å². The maximum absolute atomic E-state index is 12.2. The van der Waals surface area contributed by atoms with Crippen molar-refractivity contribution in [2.75, 3.05) is 37.6 Å². The molecule has 1 fully saturated rings. The minimum atomic E-state index is -0.402. The maximum atomic E-state index is 12.2. The Morgan fingerprint density at radius 2 is 1.82 bits per heavy atom. The van der Waals surface area contributed by atoms with Crippen molar-refractivity contribution < 1.29 is 14.1 Å². The highest BCUT2D eigenvalue weighted by molar-refractivity contribution is 5.97. The van der Waals surface area contributed by atoms with E-state index in [1.54, 1.807) is 6.92 Å². The van der Waals surface area contributed by atoms with E-state index in [4.69, 9.17) is 4.52 Å². The molecule has 0 saturated carbocycles. The molecule has 0 radical (unpaired) electrons. The van der Waals surface area contributed by atoms with Gasteiger partial charge in [-0.25, -0.2) is 0 Å². The molecule has 2 aromatic rings. The second-order valence-electron chi connectivity index (χ2n) is 6.83. The molecule has 1 saturated heterocycles. The van der Waals surface area contributed by atoms with Gasteiger partial charge in [-0.2, -0.15) is 0 Å². The van der Waals surface area contributed by atoms with E-state index in [9.17, 15) is 9.59 Å². The predicted octanol–water partition coefficient (Wildman–Crippen LogP) is 1.52. The molecular weight excluding hydrogens is 358 g/mol. The Hall–Kier alpha value is -2.87. The third-order valence-electron chi connectivity index (χ3n) is 4.96. The van der Waals surface area contributed by atoms with Crippen molar-refractivity contribution in [2.45, 2.75) is 26.7 Å². The van der Waals surface area contributed by atoms with Gasteiger partial charge in [0.15, 0.2) is 0 Å². The highest BCUT2D eigenvalue weighted by Gasteiger charge is 2.20. The molecule has 2 amide bonds. The summed E-state index contributed by atoms with van der Waals surface area (Å²) in [4.78, 5) is 28.9. The van der Waals surface area contributed by atoms with Crippen molar-refractivity contribution >= 4 is 17.5 Å². The molecule has 0 atom stereocenters. The number of hydrazine groups is 1. The van der Waals surface area contributed by atoms with Gasteiger partial charge in [-0.3, -0.25) is 25.3 Å². The van der Waals surface area contributed by atoms with Crippen LogP contribution in [0.25, 0.3) is 0 Å². The Balaban J connectivity index is 1.38. The summed E-state index contributed by atoms with van der Waals surface area (Å²) in [6.45, 7) is 7.94. The van der Waals surface area contributed by atoms with Crippen LogP contribution in [0.1, 0.15) is 35.2 Å². The van der Waals surface area contributed by atoms with Crippen LogP contribution in [0.2, 0.25) is 0 Å². The minimum Gasteiger partial charge on any atom is -0.369 e. The molecule has 3 rings (SSSR count). The molecule has 1 aromatic heterocycles. The monoisotopic (exact) mass is 385 g/mol. The van der Waals surface area contributed by atoms with E-state index in [-0.39, 0.29) is 5.91 Å². The van der Waals surface area contributed by atoms with Gasteiger partial charge in [0.1, 0.15) is 11.3 Å². The van der Waals surface area contributed by atoms with Crippen LogP contribution < -0.4 is 15.8 Å². The van der Waals surface area contributed by atoms with Crippen molar-refractivity contribution in [3.8, 4) is 0 Å². The van der Waals surface area contributed by atoms with E-state index >= 15 is 0 Å². The van der Waals surface area contributed by atoms with Gasteiger partial charge in [0.2, 0.25) is 5.91 Å². The number of benzene rings is 1. The molecule has 0 spiro atoms. The second kappa shape index (κ2) is 9.36. The number of aryl methyl sites for hydroxylation is 2. The number of piperazine rings is 1. The van der Waals surface area contributed by atoms with Crippen molar-refractivity contribution in [1.29, 1.82) is 0 Å². The van der Waals surface area contributed by atoms with Crippen LogP contribution in [0.4, 0.5) is 5.69 Å². The van der Waals surface area contributed by atoms with Crippen molar-refractivity contribution in [1.82, 2.24) is 20.9 Å². The molecule has 0 bridgehead atoms. The Bertz CT molecular complexity index is 797. The molecule has 0 unspecified atom stereocenters. The maximum Gasteiger partial charge on any atom is 0.275 e. The van der Waals surface area contributed by atoms with Crippen LogP contribution in [0.3, 0.4) is 0 Å². The van der Waals surface area contributed by atoms with Crippen LogP contribution in [0, 0.1) is 6.92 Å². The van der Waals surface area contributed by atoms with Crippen molar-refractivity contribution in [2.24, 2.45) is 0 Å². The molecule has 0 aliphatic carbocycles. The number of nitrogens with one attached hydrogen (secondary N) is 2. The van der Waals surface area contributed by atoms with E-state index in [2.05, 4.69) is 37.9 Å². The second-order valence-corrected chi connectivity index (χ2v) is 6.83. The molecule has 1 aliphatic rings. The summed E-state index contributed by atoms with van der Waals surface area (Å²) < 4.78 is 5.05. The SMILES string of the molecule is CCc1noc(C)c1C(=O)NNC(=O)CCN1CCN(c2ccccc2)CC1. The third kappa shape index (κ3) is 4.89. The number of amides is 2. The average Bonchev–Trinajstić information content (AvgIpc) is 3.12. The number of anilines is 1. The highest BCUT2D eigenvalue weighted by atomic mass is 16.5. The van der Waals surface area contributed by atoms with Crippen molar-refractivity contribution in [3.05, 3.63) is 47.3 Å². The summed E-state index contributed by atoms with van der Waals surface area (Å²) in [5.74, 6) is -0.175. The summed E-state index contributed by atoms with van der Waals surface area (Å²) >= 11 is 0. The number of carbonyl (C=O) groups excluding carboxylic acids is 2. The topological polar surface area (TPSA) is 90.7 Å². The number of para-hydroxylation sites is 1. The zero-order valence-electron chi connectivity index (χ0n) is 16.4. The number of rotatable bonds is 6. The third-order valence-corrected chi connectivity index (χ3v) is 4.96. The molecular formula is C20H27N5O3. The Morgan fingerprint density at radius 3 is 2.50 bits per heavy atom. The van der Waals surface area contributed by atoms with Crippen molar-refractivity contribution in [3.63, 3.8) is 0 Å². The lowest BCUT2D eigenvalue weighted by Crippen LogP contribution is -2.48. The van der Waals surface area contributed by atoms with Gasteiger partial charge in [-0.15, -0.1) is 0 Å². The first kappa shape index (κ1) is 19.9.